The molecule has 0 radical (unpaired) electrons. The fraction of sp³-hybridized carbons (Fsp3) is 0.500. The number of alkyl halides is 3. The minimum absolute atomic E-state index is 0.287. The zero-order valence-electron chi connectivity index (χ0n) is 15.9. The van der Waals surface area contributed by atoms with Gasteiger partial charge in [-0.2, -0.15) is 13.2 Å². The first kappa shape index (κ1) is 19.6. The van der Waals surface area contributed by atoms with Gasteiger partial charge in [0.25, 0.3) is 0 Å². The number of aromatic nitrogens is 1. The van der Waals surface area contributed by atoms with Crippen LogP contribution < -0.4 is 10.3 Å². The van der Waals surface area contributed by atoms with Crippen LogP contribution in [0.15, 0.2) is 34.9 Å². The molecular formula is C20H23F3N4O2. The number of urea groups is 1. The molecule has 1 aromatic heterocycles. The second kappa shape index (κ2) is 7.96. The number of halogens is 3. The number of anilines is 2. The van der Waals surface area contributed by atoms with E-state index in [1.165, 1.54) is 36.4 Å². The number of benzene rings is 1. The topological polar surface area (TPSA) is 61.6 Å². The molecule has 2 heterocycles. The molecular weight excluding hydrogens is 385 g/mol. The molecule has 2 fully saturated rings. The molecule has 2 aromatic rings. The summed E-state index contributed by atoms with van der Waals surface area (Å²) in [6.07, 6.45) is 2.08. The SMILES string of the molecule is O=C(Nc1cc(C2CCCCC2)no1)N1CCCN1c1ccc(C(F)(F)F)cc1. The lowest BCUT2D eigenvalue weighted by molar-refractivity contribution is -0.137. The van der Waals surface area contributed by atoms with Gasteiger partial charge >= 0.3 is 12.2 Å². The van der Waals surface area contributed by atoms with Crippen molar-refractivity contribution in [3.8, 4) is 0 Å². The fourth-order valence-electron chi connectivity index (χ4n) is 4.02. The monoisotopic (exact) mass is 408 g/mol. The van der Waals surface area contributed by atoms with Gasteiger partial charge in [0.1, 0.15) is 0 Å². The summed E-state index contributed by atoms with van der Waals surface area (Å²) in [7, 11) is 0. The molecule has 1 saturated heterocycles. The van der Waals surface area contributed by atoms with E-state index in [2.05, 4.69) is 10.5 Å². The number of nitrogens with one attached hydrogen (secondary N) is 1. The molecule has 29 heavy (non-hydrogen) atoms. The van der Waals surface area contributed by atoms with Crippen molar-refractivity contribution in [2.45, 2.75) is 50.6 Å². The van der Waals surface area contributed by atoms with Gasteiger partial charge in [0.05, 0.1) is 16.9 Å². The van der Waals surface area contributed by atoms with Crippen molar-refractivity contribution in [1.82, 2.24) is 10.2 Å². The van der Waals surface area contributed by atoms with E-state index in [4.69, 9.17) is 4.52 Å². The molecule has 0 bridgehead atoms. The Morgan fingerprint density at radius 1 is 1.07 bits per heavy atom. The van der Waals surface area contributed by atoms with E-state index in [1.54, 1.807) is 11.1 Å². The highest BCUT2D eigenvalue weighted by Crippen LogP contribution is 2.34. The molecule has 1 N–H and O–H groups in total. The standard InChI is InChI=1S/C20H23F3N4O2/c21-20(22,23)15-7-9-16(10-8-15)26-11-4-12-27(26)19(28)24-18-13-17(25-29-18)14-5-2-1-3-6-14/h7-10,13-14H,1-6,11-12H2,(H,24,28). The lowest BCUT2D eigenvalue weighted by atomic mass is 9.87. The average molecular weight is 408 g/mol. The maximum atomic E-state index is 12.8. The van der Waals surface area contributed by atoms with Crippen molar-refractivity contribution in [3.05, 3.63) is 41.6 Å². The summed E-state index contributed by atoms with van der Waals surface area (Å²) < 4.78 is 43.6. The third-order valence-corrected chi connectivity index (χ3v) is 5.54. The molecule has 2 amide bonds. The number of carbonyl (C=O) groups excluding carboxylic acids is 1. The van der Waals surface area contributed by atoms with E-state index in [0.717, 1.165) is 37.1 Å². The molecule has 1 aliphatic heterocycles. The van der Waals surface area contributed by atoms with Crippen LogP contribution in [-0.2, 0) is 6.18 Å². The average Bonchev–Trinajstić information content (AvgIpc) is 3.38. The Morgan fingerprint density at radius 3 is 2.48 bits per heavy atom. The lowest BCUT2D eigenvalue weighted by Crippen LogP contribution is -2.43. The predicted molar refractivity (Wildman–Crippen MR) is 101 cm³/mol. The number of hydrogen-bond acceptors (Lipinski definition) is 4. The van der Waals surface area contributed by atoms with E-state index in [0.29, 0.717) is 24.7 Å². The van der Waals surface area contributed by atoms with Crippen LogP contribution in [0.4, 0.5) is 29.5 Å². The summed E-state index contributed by atoms with van der Waals surface area (Å²) >= 11 is 0. The van der Waals surface area contributed by atoms with Crippen molar-refractivity contribution in [2.24, 2.45) is 0 Å². The van der Waals surface area contributed by atoms with Crippen LogP contribution in [0.1, 0.15) is 55.7 Å². The molecule has 156 valence electrons. The second-order valence-corrected chi connectivity index (χ2v) is 7.53. The summed E-state index contributed by atoms with van der Waals surface area (Å²) in [6, 6.07) is 6.18. The summed E-state index contributed by atoms with van der Waals surface area (Å²) in [5, 5.41) is 9.97. The highest BCUT2D eigenvalue weighted by Gasteiger charge is 2.32. The Labute approximate surface area is 166 Å². The van der Waals surface area contributed by atoms with E-state index < -0.39 is 17.8 Å². The number of nitrogens with zero attached hydrogens (tertiary/aromatic N) is 3. The van der Waals surface area contributed by atoms with Crippen molar-refractivity contribution >= 4 is 17.6 Å². The van der Waals surface area contributed by atoms with Crippen molar-refractivity contribution in [3.63, 3.8) is 0 Å². The van der Waals surface area contributed by atoms with Gasteiger partial charge in [-0.25, -0.2) is 9.80 Å². The fourth-order valence-corrected chi connectivity index (χ4v) is 4.02. The highest BCUT2D eigenvalue weighted by molar-refractivity contribution is 5.89. The van der Waals surface area contributed by atoms with Gasteiger partial charge in [-0.3, -0.25) is 10.3 Å². The van der Waals surface area contributed by atoms with Crippen LogP contribution in [0.5, 0.6) is 0 Å². The van der Waals surface area contributed by atoms with Gasteiger partial charge in [0.2, 0.25) is 5.88 Å². The molecule has 4 rings (SSSR count). The normalized spacial score (nSPS) is 18.3. The van der Waals surface area contributed by atoms with Crippen LogP contribution in [-0.4, -0.2) is 29.3 Å². The smallest absolute Gasteiger partial charge is 0.338 e. The number of hydrogen-bond donors (Lipinski definition) is 1. The van der Waals surface area contributed by atoms with Crippen LogP contribution in [0, 0.1) is 0 Å². The number of hydrazine groups is 1. The molecule has 6 nitrogen and oxygen atoms in total. The molecule has 0 atom stereocenters. The largest absolute Gasteiger partial charge is 0.416 e. The number of carbonyl (C=O) groups is 1. The Balaban J connectivity index is 1.42. The lowest BCUT2D eigenvalue weighted by Gasteiger charge is -2.29. The van der Waals surface area contributed by atoms with Crippen molar-refractivity contribution in [1.29, 1.82) is 0 Å². The maximum Gasteiger partial charge on any atom is 0.416 e. The quantitative estimate of drug-likeness (QED) is 0.739. The van der Waals surface area contributed by atoms with Gasteiger partial charge in [-0.15, -0.1) is 0 Å². The molecule has 9 heteroatoms. The van der Waals surface area contributed by atoms with Crippen LogP contribution in [0.2, 0.25) is 0 Å². The molecule has 1 saturated carbocycles. The summed E-state index contributed by atoms with van der Waals surface area (Å²) in [5.41, 5.74) is 0.681. The second-order valence-electron chi connectivity index (χ2n) is 7.53. The minimum Gasteiger partial charge on any atom is -0.338 e. The van der Waals surface area contributed by atoms with E-state index >= 15 is 0 Å². The summed E-state index contributed by atoms with van der Waals surface area (Å²) in [4.78, 5) is 12.7. The first-order valence-corrected chi connectivity index (χ1v) is 9.91. The highest BCUT2D eigenvalue weighted by atomic mass is 19.4. The Hall–Kier alpha value is -2.71. The Morgan fingerprint density at radius 2 is 1.79 bits per heavy atom. The first-order chi connectivity index (χ1) is 13.9. The van der Waals surface area contributed by atoms with Gasteiger partial charge in [-0.05, 0) is 43.5 Å². The molecule has 0 unspecified atom stereocenters. The van der Waals surface area contributed by atoms with Gasteiger partial charge in [0.15, 0.2) is 0 Å². The van der Waals surface area contributed by atoms with Crippen molar-refractivity contribution < 1.29 is 22.5 Å². The summed E-state index contributed by atoms with van der Waals surface area (Å²) in [6.45, 7) is 1.01. The Bertz CT molecular complexity index is 844. The number of rotatable bonds is 3. The zero-order chi connectivity index (χ0) is 20.4. The first-order valence-electron chi connectivity index (χ1n) is 9.91. The van der Waals surface area contributed by atoms with Gasteiger partial charge in [-0.1, -0.05) is 24.4 Å². The minimum atomic E-state index is -4.39. The van der Waals surface area contributed by atoms with Crippen LogP contribution in [0.25, 0.3) is 0 Å². The molecule has 0 spiro atoms. The predicted octanol–water partition coefficient (Wildman–Crippen LogP) is 5.40. The van der Waals surface area contributed by atoms with Gasteiger partial charge < -0.3 is 4.52 Å². The van der Waals surface area contributed by atoms with Crippen LogP contribution in [0.3, 0.4) is 0 Å². The van der Waals surface area contributed by atoms with Crippen molar-refractivity contribution in [2.75, 3.05) is 23.4 Å². The molecule has 1 aliphatic carbocycles. The molecule has 2 aliphatic rings. The van der Waals surface area contributed by atoms with Gasteiger partial charge in [0, 0.05) is 25.1 Å². The molecule has 1 aromatic carbocycles. The number of amides is 2. The summed E-state index contributed by atoms with van der Waals surface area (Å²) in [5.74, 6) is 0.656. The Kier molecular flexibility index (Phi) is 5.38. The maximum absolute atomic E-state index is 12.8. The van der Waals surface area contributed by atoms with E-state index in [1.807, 2.05) is 0 Å². The zero-order valence-corrected chi connectivity index (χ0v) is 15.9. The third kappa shape index (κ3) is 4.33. The third-order valence-electron chi connectivity index (χ3n) is 5.54. The van der Waals surface area contributed by atoms with E-state index in [-0.39, 0.29) is 5.88 Å². The van der Waals surface area contributed by atoms with E-state index in [9.17, 15) is 18.0 Å². The van der Waals surface area contributed by atoms with Crippen LogP contribution >= 0.6 is 0 Å².